The van der Waals surface area contributed by atoms with Gasteiger partial charge >= 0.3 is 0 Å². The van der Waals surface area contributed by atoms with E-state index in [1.165, 1.54) is 0 Å². The summed E-state index contributed by atoms with van der Waals surface area (Å²) < 4.78 is 22.9. The molecule has 2 amide bonds. The summed E-state index contributed by atoms with van der Waals surface area (Å²) in [5, 5.41) is 2.82. The van der Waals surface area contributed by atoms with Gasteiger partial charge in [0.05, 0.1) is 18.1 Å². The number of carbonyl (C=O) groups excluding carboxylic acids is 2. The Bertz CT molecular complexity index is 631. The van der Waals surface area contributed by atoms with Gasteiger partial charge in [0.15, 0.2) is 9.84 Å². The third-order valence-corrected chi connectivity index (χ3v) is 7.70. The minimum atomic E-state index is -2.99. The summed E-state index contributed by atoms with van der Waals surface area (Å²) in [6, 6.07) is -0.258. The zero-order valence-corrected chi connectivity index (χ0v) is 16.0. The lowest BCUT2D eigenvalue weighted by Crippen LogP contribution is -2.53. The van der Waals surface area contributed by atoms with Gasteiger partial charge in [-0.05, 0) is 31.7 Å². The topological polar surface area (TPSA) is 113 Å². The van der Waals surface area contributed by atoms with E-state index in [2.05, 4.69) is 5.32 Å². The molecule has 2 saturated heterocycles. The van der Waals surface area contributed by atoms with Crippen molar-refractivity contribution in [1.29, 1.82) is 0 Å². The smallest absolute Gasteiger partial charge is 0.234 e. The summed E-state index contributed by atoms with van der Waals surface area (Å²) in [6.45, 7) is 3.45. The lowest BCUT2D eigenvalue weighted by atomic mass is 9.94. The molecule has 0 radical (unpaired) electrons. The fourth-order valence-corrected chi connectivity index (χ4v) is 6.06. The van der Waals surface area contributed by atoms with E-state index < -0.39 is 9.84 Å². The van der Waals surface area contributed by atoms with E-state index >= 15 is 0 Å². The molecule has 0 spiro atoms. The Balaban J connectivity index is 1.41. The number of nitrogens with one attached hydrogen (secondary N) is 1. The quantitative estimate of drug-likeness (QED) is 0.614. The largest absolute Gasteiger partial charge is 0.351 e. The first-order valence-electron chi connectivity index (χ1n) is 9.59. The molecule has 1 saturated carbocycles. The van der Waals surface area contributed by atoms with Crippen molar-refractivity contribution in [2.24, 2.45) is 17.6 Å². The lowest BCUT2D eigenvalue weighted by molar-refractivity contribution is -0.138. The van der Waals surface area contributed by atoms with Crippen LogP contribution < -0.4 is 11.1 Å². The highest BCUT2D eigenvalue weighted by Gasteiger charge is 2.36. The van der Waals surface area contributed by atoms with Crippen LogP contribution in [0.3, 0.4) is 0 Å². The van der Waals surface area contributed by atoms with Crippen molar-refractivity contribution < 1.29 is 18.0 Å². The average molecular weight is 387 g/mol. The molecule has 9 heteroatoms. The summed E-state index contributed by atoms with van der Waals surface area (Å²) >= 11 is 0. The van der Waals surface area contributed by atoms with Crippen molar-refractivity contribution in [2.45, 2.75) is 31.7 Å². The van der Waals surface area contributed by atoms with Crippen LogP contribution in [-0.4, -0.2) is 86.8 Å². The molecule has 26 heavy (non-hydrogen) atoms. The standard InChI is InChI=1S/C17H30N4O4S/c18-10-13-2-1-3-15(13)17(23)21-7-5-20(6-8-21)11-16(22)19-14-4-9-26(24,25)12-14/h13-15H,1-12,18H2,(H,19,22)/t13-,14?,15-/m1/s1. The van der Waals surface area contributed by atoms with Crippen molar-refractivity contribution in [3.8, 4) is 0 Å². The Kier molecular flexibility index (Phi) is 6.19. The number of amides is 2. The monoisotopic (exact) mass is 386 g/mol. The Morgan fingerprint density at radius 2 is 1.81 bits per heavy atom. The first kappa shape index (κ1) is 19.6. The lowest BCUT2D eigenvalue weighted by Gasteiger charge is -2.36. The maximum atomic E-state index is 12.7. The molecule has 3 aliphatic rings. The summed E-state index contributed by atoms with van der Waals surface area (Å²) in [4.78, 5) is 28.8. The van der Waals surface area contributed by atoms with Gasteiger partial charge in [0.2, 0.25) is 11.8 Å². The molecular weight excluding hydrogens is 356 g/mol. The number of carbonyl (C=O) groups is 2. The van der Waals surface area contributed by atoms with Gasteiger partial charge in [-0.15, -0.1) is 0 Å². The molecule has 1 unspecified atom stereocenters. The van der Waals surface area contributed by atoms with Gasteiger partial charge in [-0.25, -0.2) is 8.42 Å². The van der Waals surface area contributed by atoms with Crippen molar-refractivity contribution in [3.63, 3.8) is 0 Å². The Morgan fingerprint density at radius 1 is 1.08 bits per heavy atom. The highest BCUT2D eigenvalue weighted by atomic mass is 32.2. The fourth-order valence-electron chi connectivity index (χ4n) is 4.39. The SMILES string of the molecule is NC[C@H]1CCC[C@H]1C(=O)N1CCN(CC(=O)NC2CCS(=O)(=O)C2)CC1. The van der Waals surface area contributed by atoms with Gasteiger partial charge in [0.25, 0.3) is 0 Å². The summed E-state index contributed by atoms with van der Waals surface area (Å²) in [7, 11) is -2.99. The molecule has 0 bridgehead atoms. The van der Waals surface area contributed by atoms with Gasteiger partial charge in [-0.3, -0.25) is 14.5 Å². The third kappa shape index (κ3) is 4.75. The summed E-state index contributed by atoms with van der Waals surface area (Å²) in [5.74, 6) is 0.672. The Morgan fingerprint density at radius 3 is 2.42 bits per heavy atom. The average Bonchev–Trinajstić information content (AvgIpc) is 3.20. The molecule has 0 aromatic carbocycles. The van der Waals surface area contributed by atoms with E-state index in [0.717, 1.165) is 19.3 Å². The number of nitrogens with two attached hydrogens (primary N) is 1. The highest BCUT2D eigenvalue weighted by molar-refractivity contribution is 7.91. The maximum absolute atomic E-state index is 12.7. The second-order valence-corrected chi connectivity index (χ2v) is 10.0. The Labute approximate surface area is 155 Å². The van der Waals surface area contributed by atoms with E-state index in [9.17, 15) is 18.0 Å². The third-order valence-electron chi connectivity index (χ3n) is 5.93. The zero-order valence-electron chi connectivity index (χ0n) is 15.2. The summed E-state index contributed by atoms with van der Waals surface area (Å²) in [5.41, 5.74) is 5.79. The first-order chi connectivity index (χ1) is 12.4. The number of sulfone groups is 1. The number of hydrogen-bond acceptors (Lipinski definition) is 6. The number of hydrogen-bond donors (Lipinski definition) is 2. The molecule has 2 aliphatic heterocycles. The number of piperazine rings is 1. The highest BCUT2D eigenvalue weighted by Crippen LogP contribution is 2.32. The van der Waals surface area contributed by atoms with Crippen molar-refractivity contribution in [3.05, 3.63) is 0 Å². The molecule has 0 aromatic rings. The maximum Gasteiger partial charge on any atom is 0.234 e. The van der Waals surface area contributed by atoms with Crippen LogP contribution in [-0.2, 0) is 19.4 Å². The number of rotatable bonds is 5. The molecule has 3 rings (SSSR count). The molecule has 3 fully saturated rings. The van der Waals surface area contributed by atoms with Crippen LogP contribution >= 0.6 is 0 Å². The molecule has 8 nitrogen and oxygen atoms in total. The molecular formula is C17H30N4O4S. The van der Waals surface area contributed by atoms with E-state index in [4.69, 9.17) is 5.73 Å². The van der Waals surface area contributed by atoms with E-state index in [0.29, 0.717) is 45.1 Å². The fraction of sp³-hybridized carbons (Fsp3) is 0.882. The van der Waals surface area contributed by atoms with Crippen molar-refractivity contribution in [1.82, 2.24) is 15.1 Å². The van der Waals surface area contributed by atoms with Crippen LogP contribution in [0.4, 0.5) is 0 Å². The van der Waals surface area contributed by atoms with E-state index in [1.54, 1.807) is 0 Å². The van der Waals surface area contributed by atoms with Gasteiger partial charge in [0, 0.05) is 38.1 Å². The molecule has 3 atom stereocenters. The second-order valence-electron chi connectivity index (χ2n) is 7.80. The molecule has 1 aliphatic carbocycles. The Hall–Kier alpha value is -1.19. The van der Waals surface area contributed by atoms with Gasteiger partial charge < -0.3 is 16.0 Å². The normalized spacial score (nSPS) is 31.9. The van der Waals surface area contributed by atoms with Crippen LogP contribution in [0.1, 0.15) is 25.7 Å². The predicted octanol–water partition coefficient (Wildman–Crippen LogP) is -1.19. The van der Waals surface area contributed by atoms with Crippen molar-refractivity contribution >= 4 is 21.7 Å². The molecule has 148 valence electrons. The van der Waals surface area contributed by atoms with Gasteiger partial charge in [-0.1, -0.05) is 6.42 Å². The zero-order chi connectivity index (χ0) is 18.7. The van der Waals surface area contributed by atoms with Crippen molar-refractivity contribution in [2.75, 3.05) is 50.8 Å². The van der Waals surface area contributed by atoms with Crippen LogP contribution in [0.5, 0.6) is 0 Å². The van der Waals surface area contributed by atoms with Crippen LogP contribution in [0.2, 0.25) is 0 Å². The van der Waals surface area contributed by atoms with E-state index in [-0.39, 0.29) is 41.8 Å². The second kappa shape index (κ2) is 8.22. The summed E-state index contributed by atoms with van der Waals surface area (Å²) in [6.07, 6.45) is 3.56. The first-order valence-corrected chi connectivity index (χ1v) is 11.4. The van der Waals surface area contributed by atoms with Crippen LogP contribution in [0.25, 0.3) is 0 Å². The minimum absolute atomic E-state index is 0.0463. The van der Waals surface area contributed by atoms with Crippen LogP contribution in [0, 0.1) is 11.8 Å². The number of nitrogens with zero attached hydrogens (tertiary/aromatic N) is 2. The molecule has 0 aromatic heterocycles. The van der Waals surface area contributed by atoms with Gasteiger partial charge in [0.1, 0.15) is 0 Å². The van der Waals surface area contributed by atoms with Crippen LogP contribution in [0.15, 0.2) is 0 Å². The van der Waals surface area contributed by atoms with Gasteiger partial charge in [-0.2, -0.15) is 0 Å². The minimum Gasteiger partial charge on any atom is -0.351 e. The predicted molar refractivity (Wildman–Crippen MR) is 98.1 cm³/mol. The molecule has 3 N–H and O–H groups in total. The van der Waals surface area contributed by atoms with E-state index in [1.807, 2.05) is 9.80 Å². The molecule has 2 heterocycles.